The number of nitrogens with zero attached hydrogens (tertiary/aromatic N) is 2. The average molecular weight is 263 g/mol. The van der Waals surface area contributed by atoms with Gasteiger partial charge in [-0.15, -0.1) is 0 Å². The third-order valence-corrected chi connectivity index (χ3v) is 3.47. The van der Waals surface area contributed by atoms with Crippen LogP contribution in [0.1, 0.15) is 25.6 Å². The van der Waals surface area contributed by atoms with E-state index >= 15 is 0 Å². The second kappa shape index (κ2) is 6.08. The lowest BCUT2D eigenvalue weighted by Crippen LogP contribution is -2.28. The van der Waals surface area contributed by atoms with Crippen molar-refractivity contribution in [1.82, 2.24) is 14.9 Å². The number of methoxy groups -OCH3 is 1. The molecule has 0 radical (unpaired) electrons. The predicted octanol–water partition coefficient (Wildman–Crippen LogP) is 0.291. The first-order valence-corrected chi connectivity index (χ1v) is 6.86. The number of nitrogens with one attached hydrogen (secondary N) is 1. The first kappa shape index (κ1) is 14.1. The third kappa shape index (κ3) is 5.24. The highest BCUT2D eigenvalue weighted by atomic mass is 32.2. The highest BCUT2D eigenvalue weighted by Crippen LogP contribution is 2.01. The fraction of sp³-hybridized carbons (Fsp3) is 0.778. The van der Waals surface area contributed by atoms with Crippen molar-refractivity contribution in [3.8, 4) is 0 Å². The first-order chi connectivity index (χ1) is 7.93. The molecule has 0 spiro atoms. The molecule has 1 N–H and O–H groups in total. The summed E-state index contributed by atoms with van der Waals surface area (Å²) in [6.07, 6.45) is 0. The van der Waals surface area contributed by atoms with Crippen LogP contribution in [0.25, 0.3) is 0 Å². The fourth-order valence-corrected chi connectivity index (χ4v) is 2.56. The van der Waals surface area contributed by atoms with E-state index in [-0.39, 0.29) is 30.7 Å². The molecule has 1 rings (SSSR count). The Morgan fingerprint density at radius 1 is 1.47 bits per heavy atom. The van der Waals surface area contributed by atoms with Crippen molar-refractivity contribution < 1.29 is 17.7 Å². The van der Waals surface area contributed by atoms with Gasteiger partial charge in [-0.2, -0.15) is 4.98 Å². The Hall–Kier alpha value is -0.990. The molecule has 0 amide bonds. The lowest BCUT2D eigenvalue weighted by atomic mass is 10.3. The molecule has 0 aliphatic carbocycles. The van der Waals surface area contributed by atoms with E-state index in [2.05, 4.69) is 14.9 Å². The molecule has 1 heterocycles. The van der Waals surface area contributed by atoms with Crippen LogP contribution in [-0.4, -0.2) is 31.4 Å². The maximum Gasteiger partial charge on any atom is 0.241 e. The van der Waals surface area contributed by atoms with E-state index in [0.29, 0.717) is 5.82 Å². The average Bonchev–Trinajstić information content (AvgIpc) is 2.62. The lowest BCUT2D eigenvalue weighted by Gasteiger charge is -2.06. The normalized spacial score (nSPS) is 12.2. The van der Waals surface area contributed by atoms with Crippen LogP contribution in [0.2, 0.25) is 0 Å². The summed E-state index contributed by atoms with van der Waals surface area (Å²) in [7, 11) is -1.78. The van der Waals surface area contributed by atoms with Crippen LogP contribution < -0.4 is 4.72 Å². The van der Waals surface area contributed by atoms with Crippen molar-refractivity contribution in [2.75, 3.05) is 12.9 Å². The lowest BCUT2D eigenvalue weighted by molar-refractivity contribution is 0.174. The third-order valence-electron chi connectivity index (χ3n) is 1.78. The van der Waals surface area contributed by atoms with E-state index in [4.69, 9.17) is 9.26 Å². The van der Waals surface area contributed by atoms with Gasteiger partial charge in [0.2, 0.25) is 15.9 Å². The van der Waals surface area contributed by atoms with Gasteiger partial charge in [0.25, 0.3) is 0 Å². The summed E-state index contributed by atoms with van der Waals surface area (Å²) in [5, 5.41) is 3.62. The van der Waals surface area contributed by atoms with Crippen LogP contribution in [0.15, 0.2) is 4.52 Å². The molecule has 0 aromatic carbocycles. The van der Waals surface area contributed by atoms with Gasteiger partial charge in [0, 0.05) is 7.11 Å². The van der Waals surface area contributed by atoms with Crippen molar-refractivity contribution in [1.29, 1.82) is 0 Å². The van der Waals surface area contributed by atoms with E-state index in [1.54, 1.807) is 0 Å². The molecule has 1 aromatic rings. The number of sulfonamides is 1. The smallest absolute Gasteiger partial charge is 0.241 e. The molecule has 0 saturated heterocycles. The Morgan fingerprint density at radius 3 is 2.76 bits per heavy atom. The molecule has 0 bridgehead atoms. The van der Waals surface area contributed by atoms with Crippen LogP contribution in [0.3, 0.4) is 0 Å². The van der Waals surface area contributed by atoms with Crippen molar-refractivity contribution in [3.05, 3.63) is 11.7 Å². The minimum Gasteiger partial charge on any atom is -0.377 e. The molecular weight excluding hydrogens is 246 g/mol. The number of ether oxygens (including phenoxy) is 1. The Bertz CT molecular complexity index is 441. The molecule has 1 aromatic heterocycles. The monoisotopic (exact) mass is 263 g/mol. The van der Waals surface area contributed by atoms with Gasteiger partial charge in [-0.3, -0.25) is 0 Å². The number of hydrogen-bond acceptors (Lipinski definition) is 6. The van der Waals surface area contributed by atoms with Gasteiger partial charge in [0.1, 0.15) is 6.61 Å². The summed E-state index contributed by atoms with van der Waals surface area (Å²) in [4.78, 5) is 3.95. The Labute approximate surface area is 101 Å². The van der Waals surface area contributed by atoms with E-state index in [1.807, 2.05) is 13.8 Å². The molecular formula is C9H17N3O4S. The van der Waals surface area contributed by atoms with Gasteiger partial charge < -0.3 is 9.26 Å². The van der Waals surface area contributed by atoms with Gasteiger partial charge in [0.15, 0.2) is 5.82 Å². The zero-order valence-corrected chi connectivity index (χ0v) is 11.0. The summed E-state index contributed by atoms with van der Waals surface area (Å²) in [6, 6.07) is 0. The second-order valence-corrected chi connectivity index (χ2v) is 5.89. The van der Waals surface area contributed by atoms with Gasteiger partial charge in [-0.25, -0.2) is 13.1 Å². The Morgan fingerprint density at radius 2 is 2.18 bits per heavy atom. The highest BCUT2D eigenvalue weighted by Gasteiger charge is 2.14. The minimum absolute atomic E-state index is 0.00572. The number of rotatable bonds is 7. The summed E-state index contributed by atoms with van der Waals surface area (Å²) in [5.74, 6) is 0.765. The number of hydrogen-bond donors (Lipinski definition) is 1. The summed E-state index contributed by atoms with van der Waals surface area (Å²) in [6.45, 7) is 3.92. The largest absolute Gasteiger partial charge is 0.377 e. The van der Waals surface area contributed by atoms with E-state index in [9.17, 15) is 8.42 Å². The zero-order chi connectivity index (χ0) is 12.9. The molecule has 0 atom stereocenters. The van der Waals surface area contributed by atoms with Crippen LogP contribution >= 0.6 is 0 Å². The SMILES string of the molecule is COCc1noc(CNS(=O)(=O)CC(C)C)n1. The fourth-order valence-electron chi connectivity index (χ4n) is 1.22. The molecule has 7 nitrogen and oxygen atoms in total. The van der Waals surface area contributed by atoms with E-state index in [1.165, 1.54) is 7.11 Å². The predicted molar refractivity (Wildman–Crippen MR) is 60.5 cm³/mol. The second-order valence-electron chi connectivity index (χ2n) is 4.03. The van der Waals surface area contributed by atoms with Gasteiger partial charge >= 0.3 is 0 Å². The molecule has 0 saturated carbocycles. The van der Waals surface area contributed by atoms with Crippen LogP contribution in [0.4, 0.5) is 0 Å². The molecule has 8 heteroatoms. The zero-order valence-electron chi connectivity index (χ0n) is 10.1. The maximum absolute atomic E-state index is 11.5. The summed E-state index contributed by atoms with van der Waals surface area (Å²) in [5.41, 5.74) is 0. The van der Waals surface area contributed by atoms with Crippen LogP contribution in [-0.2, 0) is 27.9 Å². The van der Waals surface area contributed by atoms with Crippen LogP contribution in [0.5, 0.6) is 0 Å². The highest BCUT2D eigenvalue weighted by molar-refractivity contribution is 7.89. The van der Waals surface area contributed by atoms with Gasteiger partial charge in [-0.1, -0.05) is 19.0 Å². The Kier molecular flexibility index (Phi) is 5.03. The minimum atomic E-state index is -3.29. The molecule has 17 heavy (non-hydrogen) atoms. The summed E-state index contributed by atoms with van der Waals surface area (Å²) >= 11 is 0. The molecule has 0 fully saturated rings. The first-order valence-electron chi connectivity index (χ1n) is 5.20. The topological polar surface area (TPSA) is 94.3 Å². The van der Waals surface area contributed by atoms with Crippen molar-refractivity contribution >= 4 is 10.0 Å². The molecule has 0 aliphatic rings. The van der Waals surface area contributed by atoms with Crippen molar-refractivity contribution in [2.24, 2.45) is 5.92 Å². The van der Waals surface area contributed by atoms with E-state index < -0.39 is 10.0 Å². The van der Waals surface area contributed by atoms with Gasteiger partial charge in [0.05, 0.1) is 12.3 Å². The summed E-state index contributed by atoms with van der Waals surface area (Å²) < 4.78 is 35.1. The molecule has 0 unspecified atom stereocenters. The van der Waals surface area contributed by atoms with Crippen molar-refractivity contribution in [2.45, 2.75) is 27.0 Å². The molecule has 0 aliphatic heterocycles. The van der Waals surface area contributed by atoms with Gasteiger partial charge in [-0.05, 0) is 5.92 Å². The van der Waals surface area contributed by atoms with Crippen molar-refractivity contribution in [3.63, 3.8) is 0 Å². The van der Waals surface area contributed by atoms with Crippen LogP contribution in [0, 0.1) is 5.92 Å². The standard InChI is InChI=1S/C9H17N3O4S/c1-7(2)6-17(13,14)10-4-9-11-8(5-15-3)12-16-9/h7,10H,4-6H2,1-3H3. The quantitative estimate of drug-likeness (QED) is 0.760. The number of aromatic nitrogens is 2. The molecule has 98 valence electrons. The Balaban J connectivity index is 2.49. The van der Waals surface area contributed by atoms with E-state index in [0.717, 1.165) is 0 Å². The maximum atomic E-state index is 11.5.